The molecule has 0 spiro atoms. The molecule has 144 valence electrons. The van der Waals surface area contributed by atoms with E-state index in [1.807, 2.05) is 66.9 Å². The second-order valence-electron chi connectivity index (χ2n) is 6.47. The molecule has 28 heavy (non-hydrogen) atoms. The molecule has 0 unspecified atom stereocenters. The number of ether oxygens (including phenoxy) is 1. The van der Waals surface area contributed by atoms with E-state index in [0.717, 1.165) is 22.3 Å². The fourth-order valence-electron chi connectivity index (χ4n) is 2.89. The third-order valence-electron chi connectivity index (χ3n) is 4.37. The van der Waals surface area contributed by atoms with Crippen LogP contribution in [0.5, 0.6) is 0 Å². The van der Waals surface area contributed by atoms with Crippen molar-refractivity contribution in [2.45, 2.75) is 26.7 Å². The second-order valence-corrected chi connectivity index (χ2v) is 7.35. The molecule has 2 aromatic carbocycles. The van der Waals surface area contributed by atoms with Crippen LogP contribution in [-0.2, 0) is 16.0 Å². The maximum Gasteiger partial charge on any atom is 0.341 e. The van der Waals surface area contributed by atoms with Gasteiger partial charge in [0.05, 0.1) is 6.61 Å². The van der Waals surface area contributed by atoms with Crippen LogP contribution >= 0.6 is 11.3 Å². The lowest BCUT2D eigenvalue weighted by atomic mass is 10.0. The lowest BCUT2D eigenvalue weighted by Gasteiger charge is -2.09. The fraction of sp³-hybridized carbons (Fsp3) is 0.217. The monoisotopic (exact) mass is 393 g/mol. The van der Waals surface area contributed by atoms with Crippen LogP contribution < -0.4 is 5.32 Å². The van der Waals surface area contributed by atoms with Crippen LogP contribution in [0.15, 0.2) is 60.0 Å². The van der Waals surface area contributed by atoms with Gasteiger partial charge >= 0.3 is 5.97 Å². The van der Waals surface area contributed by atoms with Crippen LogP contribution in [0.3, 0.4) is 0 Å². The number of nitrogens with one attached hydrogen (secondary N) is 1. The van der Waals surface area contributed by atoms with Gasteiger partial charge in [-0.2, -0.15) is 0 Å². The minimum atomic E-state index is -0.419. The van der Waals surface area contributed by atoms with Crippen molar-refractivity contribution >= 4 is 28.2 Å². The highest BCUT2D eigenvalue weighted by molar-refractivity contribution is 7.15. The van der Waals surface area contributed by atoms with Crippen LogP contribution in [-0.4, -0.2) is 18.5 Å². The van der Waals surface area contributed by atoms with E-state index in [9.17, 15) is 9.59 Å². The highest BCUT2D eigenvalue weighted by Crippen LogP contribution is 2.36. The molecule has 3 rings (SSSR count). The molecular weight excluding hydrogens is 370 g/mol. The van der Waals surface area contributed by atoms with Gasteiger partial charge in [0.1, 0.15) is 10.6 Å². The molecule has 4 nitrogen and oxygen atoms in total. The number of hydrogen-bond donors (Lipinski definition) is 1. The zero-order valence-corrected chi connectivity index (χ0v) is 16.8. The standard InChI is InChI=1S/C23H23NO3S/c1-3-27-23(26)21-19(18-12-9-16(2)10-13-18)15-28-22(21)24-20(25)14-11-17-7-5-4-6-8-17/h4-10,12-13,15H,3,11,14H2,1-2H3,(H,24,25). The van der Waals surface area contributed by atoms with Crippen molar-refractivity contribution in [1.82, 2.24) is 0 Å². The molecule has 1 aromatic heterocycles. The van der Waals surface area contributed by atoms with Crippen LogP contribution in [0.1, 0.15) is 34.8 Å². The number of esters is 1. The normalized spacial score (nSPS) is 10.5. The van der Waals surface area contributed by atoms with Gasteiger partial charge in [-0.05, 0) is 31.4 Å². The van der Waals surface area contributed by atoms with Crippen LogP contribution in [0.2, 0.25) is 0 Å². The molecule has 1 amide bonds. The summed E-state index contributed by atoms with van der Waals surface area (Å²) in [5.41, 5.74) is 4.38. The molecule has 0 aliphatic rings. The van der Waals surface area contributed by atoms with Gasteiger partial charge in [-0.1, -0.05) is 60.2 Å². The van der Waals surface area contributed by atoms with Crippen molar-refractivity contribution < 1.29 is 14.3 Å². The number of benzene rings is 2. The molecule has 0 saturated heterocycles. The van der Waals surface area contributed by atoms with Crippen molar-refractivity contribution in [2.75, 3.05) is 11.9 Å². The van der Waals surface area contributed by atoms with Crippen LogP contribution in [0, 0.1) is 6.92 Å². The Morgan fingerprint density at radius 2 is 1.75 bits per heavy atom. The van der Waals surface area contributed by atoms with E-state index < -0.39 is 5.97 Å². The first kappa shape index (κ1) is 19.8. The van der Waals surface area contributed by atoms with E-state index in [2.05, 4.69) is 5.32 Å². The average Bonchev–Trinajstić information content (AvgIpc) is 3.11. The summed E-state index contributed by atoms with van der Waals surface area (Å²) in [5.74, 6) is -0.538. The quantitative estimate of drug-likeness (QED) is 0.542. The summed E-state index contributed by atoms with van der Waals surface area (Å²) in [5, 5.41) is 5.33. The predicted octanol–water partition coefficient (Wildman–Crippen LogP) is 5.47. The Bertz CT molecular complexity index is 946. The van der Waals surface area contributed by atoms with Crippen LogP contribution in [0.4, 0.5) is 5.00 Å². The highest BCUT2D eigenvalue weighted by atomic mass is 32.1. The number of anilines is 1. The van der Waals surface area contributed by atoms with Crippen LogP contribution in [0.25, 0.3) is 11.1 Å². The zero-order valence-electron chi connectivity index (χ0n) is 16.0. The molecule has 3 aromatic rings. The third-order valence-corrected chi connectivity index (χ3v) is 5.27. The summed E-state index contributed by atoms with van der Waals surface area (Å²) in [6.07, 6.45) is 1.00. The summed E-state index contributed by atoms with van der Waals surface area (Å²) in [4.78, 5) is 25.0. The first-order chi connectivity index (χ1) is 13.6. The molecule has 1 N–H and O–H groups in total. The Balaban J connectivity index is 1.80. The van der Waals surface area contributed by atoms with Gasteiger partial charge < -0.3 is 10.1 Å². The van der Waals surface area contributed by atoms with Gasteiger partial charge in [0.25, 0.3) is 0 Å². The zero-order chi connectivity index (χ0) is 19.9. The number of thiophene rings is 1. The first-order valence-corrected chi connectivity index (χ1v) is 10.2. The Kier molecular flexibility index (Phi) is 6.61. The topological polar surface area (TPSA) is 55.4 Å². The van der Waals surface area contributed by atoms with E-state index in [1.165, 1.54) is 11.3 Å². The summed E-state index contributed by atoms with van der Waals surface area (Å²) in [6, 6.07) is 17.8. The van der Waals surface area contributed by atoms with Crippen molar-refractivity contribution in [3.05, 3.63) is 76.7 Å². The van der Waals surface area contributed by atoms with E-state index >= 15 is 0 Å². The van der Waals surface area contributed by atoms with E-state index in [-0.39, 0.29) is 12.5 Å². The largest absolute Gasteiger partial charge is 0.462 e. The molecule has 0 radical (unpaired) electrons. The van der Waals surface area contributed by atoms with E-state index in [4.69, 9.17) is 4.74 Å². The van der Waals surface area contributed by atoms with Crippen molar-refractivity contribution in [1.29, 1.82) is 0 Å². The van der Waals surface area contributed by atoms with Gasteiger partial charge in [0.15, 0.2) is 0 Å². The van der Waals surface area contributed by atoms with Gasteiger partial charge in [0, 0.05) is 17.4 Å². The highest BCUT2D eigenvalue weighted by Gasteiger charge is 2.22. The summed E-state index contributed by atoms with van der Waals surface area (Å²) in [6.45, 7) is 4.07. The Labute approximate surface area is 169 Å². The van der Waals surface area contributed by atoms with Crippen molar-refractivity contribution in [3.63, 3.8) is 0 Å². The number of hydrogen-bond acceptors (Lipinski definition) is 4. The summed E-state index contributed by atoms with van der Waals surface area (Å²) >= 11 is 1.35. The molecule has 0 saturated carbocycles. The minimum Gasteiger partial charge on any atom is -0.462 e. The molecular formula is C23H23NO3S. The number of aryl methyl sites for hydroxylation is 2. The van der Waals surface area contributed by atoms with Gasteiger partial charge in [-0.3, -0.25) is 4.79 Å². The maximum absolute atomic E-state index is 12.6. The number of amides is 1. The summed E-state index contributed by atoms with van der Waals surface area (Å²) < 4.78 is 5.24. The van der Waals surface area contributed by atoms with Gasteiger partial charge in [-0.15, -0.1) is 11.3 Å². The molecule has 0 aliphatic heterocycles. The fourth-order valence-corrected chi connectivity index (χ4v) is 3.87. The van der Waals surface area contributed by atoms with E-state index in [1.54, 1.807) is 6.92 Å². The SMILES string of the molecule is CCOC(=O)c1c(-c2ccc(C)cc2)csc1NC(=O)CCc1ccccc1. The van der Waals surface area contributed by atoms with Gasteiger partial charge in [-0.25, -0.2) is 4.79 Å². The molecule has 5 heteroatoms. The molecule has 0 aliphatic carbocycles. The maximum atomic E-state index is 12.6. The van der Waals surface area contributed by atoms with Crippen molar-refractivity contribution in [3.8, 4) is 11.1 Å². The molecule has 0 bridgehead atoms. The Morgan fingerprint density at radius 3 is 2.43 bits per heavy atom. The lowest BCUT2D eigenvalue weighted by Crippen LogP contribution is -2.15. The van der Waals surface area contributed by atoms with Gasteiger partial charge in [0.2, 0.25) is 5.91 Å². The third kappa shape index (κ3) is 4.87. The minimum absolute atomic E-state index is 0.119. The Hall–Kier alpha value is -2.92. The predicted molar refractivity (Wildman–Crippen MR) is 114 cm³/mol. The number of carbonyl (C=O) groups excluding carboxylic acids is 2. The number of carbonyl (C=O) groups is 2. The molecule has 0 fully saturated rings. The number of rotatable bonds is 7. The molecule has 0 atom stereocenters. The van der Waals surface area contributed by atoms with E-state index in [0.29, 0.717) is 23.4 Å². The van der Waals surface area contributed by atoms with Crippen molar-refractivity contribution in [2.24, 2.45) is 0 Å². The average molecular weight is 394 g/mol. The smallest absolute Gasteiger partial charge is 0.341 e. The summed E-state index contributed by atoms with van der Waals surface area (Å²) in [7, 11) is 0. The first-order valence-electron chi connectivity index (χ1n) is 9.28. The molecule has 1 heterocycles. The second kappa shape index (κ2) is 9.33. The Morgan fingerprint density at radius 1 is 1.04 bits per heavy atom. The lowest BCUT2D eigenvalue weighted by molar-refractivity contribution is -0.116.